The number of carbonyl (C=O) groups excluding carboxylic acids is 1. The summed E-state index contributed by atoms with van der Waals surface area (Å²) in [5, 5.41) is 5.18. The van der Waals surface area contributed by atoms with Crippen molar-refractivity contribution in [1.29, 1.82) is 0 Å². The van der Waals surface area contributed by atoms with Crippen molar-refractivity contribution in [1.82, 2.24) is 9.78 Å². The Bertz CT molecular complexity index is 323. The van der Waals surface area contributed by atoms with Crippen molar-refractivity contribution in [3.63, 3.8) is 0 Å². The highest BCUT2D eigenvalue weighted by atomic mass is 79.9. The highest BCUT2D eigenvalue weighted by molar-refractivity contribution is 9.10. The number of anilines is 1. The van der Waals surface area contributed by atoms with Crippen LogP contribution in [0.15, 0.2) is 4.47 Å². The first-order chi connectivity index (χ1) is 6.11. The zero-order valence-electron chi connectivity index (χ0n) is 7.49. The number of halogens is 1. The highest BCUT2D eigenvalue weighted by Gasteiger charge is 2.15. The number of rotatable bonds is 3. The Balaban J connectivity index is 3.19. The maximum Gasteiger partial charge on any atom is 0.229 e. The Morgan fingerprint density at radius 1 is 1.77 bits per heavy atom. The van der Waals surface area contributed by atoms with Crippen LogP contribution in [0.25, 0.3) is 0 Å². The Morgan fingerprint density at radius 3 is 2.77 bits per heavy atom. The second-order valence-corrected chi connectivity index (χ2v) is 3.37. The van der Waals surface area contributed by atoms with E-state index in [1.165, 1.54) is 0 Å². The lowest BCUT2D eigenvalue weighted by atomic mass is 10.3. The van der Waals surface area contributed by atoms with Crippen molar-refractivity contribution >= 4 is 28.2 Å². The van der Waals surface area contributed by atoms with E-state index in [9.17, 15) is 4.79 Å². The number of aryl methyl sites for hydroxylation is 2. The molecule has 0 saturated heterocycles. The van der Waals surface area contributed by atoms with Gasteiger partial charge in [0.05, 0.1) is 10.2 Å². The molecule has 6 heteroatoms. The molecule has 0 atom stereocenters. The number of amides is 1. The smallest absolute Gasteiger partial charge is 0.229 e. The third-order valence-electron chi connectivity index (χ3n) is 1.72. The van der Waals surface area contributed by atoms with Gasteiger partial charge in [0.2, 0.25) is 6.41 Å². The summed E-state index contributed by atoms with van der Waals surface area (Å²) >= 11 is 3.34. The van der Waals surface area contributed by atoms with Gasteiger partial charge in [-0.25, -0.2) is 15.5 Å². The molecule has 1 aromatic heterocycles. The summed E-state index contributed by atoms with van der Waals surface area (Å²) in [6.45, 7) is 1.98. The quantitative estimate of drug-likeness (QED) is 0.368. The van der Waals surface area contributed by atoms with Crippen molar-refractivity contribution in [3.8, 4) is 0 Å². The normalized spacial score (nSPS) is 10.2. The van der Waals surface area contributed by atoms with Crippen LogP contribution < -0.4 is 10.9 Å². The van der Waals surface area contributed by atoms with Gasteiger partial charge in [0.1, 0.15) is 0 Å². The molecule has 2 N–H and O–H groups in total. The first-order valence-electron chi connectivity index (χ1n) is 3.82. The van der Waals surface area contributed by atoms with E-state index in [2.05, 4.69) is 21.0 Å². The van der Waals surface area contributed by atoms with Crippen molar-refractivity contribution in [2.45, 2.75) is 13.3 Å². The van der Waals surface area contributed by atoms with Crippen molar-refractivity contribution in [2.75, 3.05) is 5.01 Å². The summed E-state index contributed by atoms with van der Waals surface area (Å²) in [6, 6.07) is 0. The third-order valence-corrected chi connectivity index (χ3v) is 2.53. The van der Waals surface area contributed by atoms with Gasteiger partial charge in [0.15, 0.2) is 5.82 Å². The van der Waals surface area contributed by atoms with Gasteiger partial charge in [-0.1, -0.05) is 6.92 Å². The molecule has 13 heavy (non-hydrogen) atoms. The lowest BCUT2D eigenvalue weighted by Gasteiger charge is -2.09. The number of hydrogen-bond donors (Lipinski definition) is 1. The van der Waals surface area contributed by atoms with Gasteiger partial charge in [-0.05, 0) is 22.4 Å². The number of hydrazine groups is 1. The molecule has 0 aliphatic carbocycles. The van der Waals surface area contributed by atoms with E-state index in [0.717, 1.165) is 21.6 Å². The molecule has 1 heterocycles. The first-order valence-corrected chi connectivity index (χ1v) is 4.61. The van der Waals surface area contributed by atoms with Crippen LogP contribution in [-0.2, 0) is 18.3 Å². The molecule has 0 fully saturated rings. The Labute approximate surface area is 84.6 Å². The van der Waals surface area contributed by atoms with Crippen LogP contribution in [0.3, 0.4) is 0 Å². The number of aromatic nitrogens is 2. The summed E-state index contributed by atoms with van der Waals surface area (Å²) in [6.07, 6.45) is 1.34. The number of nitrogens with two attached hydrogens (primary N) is 1. The van der Waals surface area contributed by atoms with E-state index in [4.69, 9.17) is 5.84 Å². The summed E-state index contributed by atoms with van der Waals surface area (Å²) < 4.78 is 2.34. The first kappa shape index (κ1) is 10.2. The molecule has 0 bridgehead atoms. The molecule has 1 aromatic rings. The minimum Gasteiger partial charge on any atom is -0.277 e. The van der Waals surface area contributed by atoms with Crippen molar-refractivity contribution in [3.05, 3.63) is 10.2 Å². The summed E-state index contributed by atoms with van der Waals surface area (Å²) in [4.78, 5) is 10.4. The lowest BCUT2D eigenvalue weighted by molar-refractivity contribution is -0.107. The van der Waals surface area contributed by atoms with Crippen LogP contribution >= 0.6 is 15.9 Å². The van der Waals surface area contributed by atoms with Crippen molar-refractivity contribution in [2.24, 2.45) is 12.9 Å². The molecule has 0 saturated carbocycles. The Morgan fingerprint density at radius 2 is 2.38 bits per heavy atom. The maximum atomic E-state index is 10.4. The van der Waals surface area contributed by atoms with Crippen LogP contribution in [0.2, 0.25) is 0 Å². The fourth-order valence-corrected chi connectivity index (χ4v) is 1.92. The number of carbonyl (C=O) groups is 1. The number of nitrogens with zero attached hydrogens (tertiary/aromatic N) is 3. The molecule has 0 aliphatic rings. The van der Waals surface area contributed by atoms with Crippen LogP contribution in [0.1, 0.15) is 12.6 Å². The lowest BCUT2D eigenvalue weighted by Crippen LogP contribution is -2.31. The van der Waals surface area contributed by atoms with E-state index in [1.807, 2.05) is 6.92 Å². The molecule has 72 valence electrons. The predicted octanol–water partition coefficient (Wildman–Crippen LogP) is 0.582. The molecule has 0 aliphatic heterocycles. The van der Waals surface area contributed by atoms with Gasteiger partial charge in [-0.2, -0.15) is 5.10 Å². The average molecular weight is 247 g/mol. The molecule has 0 spiro atoms. The molecule has 0 unspecified atom stereocenters. The van der Waals surface area contributed by atoms with Crippen LogP contribution in [0.5, 0.6) is 0 Å². The number of hydrogen-bond acceptors (Lipinski definition) is 3. The van der Waals surface area contributed by atoms with E-state index < -0.39 is 0 Å². The summed E-state index contributed by atoms with van der Waals surface area (Å²) in [5.74, 6) is 6.00. The predicted molar refractivity (Wildman–Crippen MR) is 53.0 cm³/mol. The second kappa shape index (κ2) is 3.89. The molecular formula is C7H11BrN4O. The van der Waals surface area contributed by atoms with E-state index in [-0.39, 0.29) is 0 Å². The van der Waals surface area contributed by atoms with Crippen LogP contribution in [-0.4, -0.2) is 16.2 Å². The van der Waals surface area contributed by atoms with E-state index in [1.54, 1.807) is 11.7 Å². The summed E-state index contributed by atoms with van der Waals surface area (Å²) in [5.41, 5.74) is 0.884. The van der Waals surface area contributed by atoms with Gasteiger partial charge >= 0.3 is 0 Å². The monoisotopic (exact) mass is 246 g/mol. The molecule has 5 nitrogen and oxygen atoms in total. The fraction of sp³-hybridized carbons (Fsp3) is 0.429. The zero-order chi connectivity index (χ0) is 10.0. The van der Waals surface area contributed by atoms with E-state index >= 15 is 0 Å². The summed E-state index contributed by atoms with van der Waals surface area (Å²) in [7, 11) is 1.74. The molecule has 1 rings (SSSR count). The minimum atomic E-state index is 0.543. The SMILES string of the molecule is CCc1nn(C)c(N(N)C=O)c1Br. The van der Waals surface area contributed by atoms with Gasteiger partial charge in [-0.15, -0.1) is 0 Å². The highest BCUT2D eigenvalue weighted by Crippen LogP contribution is 2.27. The third kappa shape index (κ3) is 1.73. The van der Waals surface area contributed by atoms with Crippen LogP contribution in [0.4, 0.5) is 5.82 Å². The van der Waals surface area contributed by atoms with Gasteiger partial charge < -0.3 is 0 Å². The molecular weight excluding hydrogens is 236 g/mol. The topological polar surface area (TPSA) is 64.2 Å². The molecule has 0 aromatic carbocycles. The largest absolute Gasteiger partial charge is 0.277 e. The molecule has 0 radical (unpaired) electrons. The zero-order valence-corrected chi connectivity index (χ0v) is 9.08. The Kier molecular flexibility index (Phi) is 3.05. The van der Waals surface area contributed by atoms with Crippen LogP contribution in [0, 0.1) is 0 Å². The van der Waals surface area contributed by atoms with Gasteiger partial charge in [0.25, 0.3) is 0 Å². The minimum absolute atomic E-state index is 0.543. The average Bonchev–Trinajstić information content (AvgIpc) is 2.40. The van der Waals surface area contributed by atoms with Gasteiger partial charge in [-0.3, -0.25) is 4.79 Å². The standard InChI is InChI=1S/C7H11BrN4O/c1-3-5-6(8)7(11(2)10-5)12(9)4-13/h4H,3,9H2,1-2H3. The van der Waals surface area contributed by atoms with E-state index in [0.29, 0.717) is 12.2 Å². The van der Waals surface area contributed by atoms with Crippen molar-refractivity contribution < 1.29 is 4.79 Å². The van der Waals surface area contributed by atoms with Gasteiger partial charge in [0, 0.05) is 7.05 Å². The fourth-order valence-electron chi connectivity index (χ4n) is 1.10. The second-order valence-electron chi connectivity index (χ2n) is 2.57. The maximum absolute atomic E-state index is 10.4. The molecule has 1 amide bonds. The Hall–Kier alpha value is -0.880.